The lowest BCUT2D eigenvalue weighted by Crippen LogP contribution is -2.52. The first-order valence-corrected chi connectivity index (χ1v) is 9.70. The first-order valence-electron chi connectivity index (χ1n) is 9.70. The number of piperazine rings is 1. The first kappa shape index (κ1) is 18.5. The Hall–Kier alpha value is -2.30. The molecule has 0 radical (unpaired) electrons. The number of rotatable bonds is 5. The molecule has 0 saturated carbocycles. The van der Waals surface area contributed by atoms with E-state index in [0.29, 0.717) is 0 Å². The highest BCUT2D eigenvalue weighted by molar-refractivity contribution is 5.94. The third-order valence-electron chi connectivity index (χ3n) is 5.31. The van der Waals surface area contributed by atoms with E-state index in [1.165, 1.54) is 31.3 Å². The van der Waals surface area contributed by atoms with Gasteiger partial charge >= 0.3 is 6.03 Å². The van der Waals surface area contributed by atoms with Gasteiger partial charge in [0, 0.05) is 44.0 Å². The van der Waals surface area contributed by atoms with Crippen LogP contribution in [0.5, 0.6) is 0 Å². The predicted octanol–water partition coefficient (Wildman–Crippen LogP) is 3.61. The molecule has 140 valence electrons. The van der Waals surface area contributed by atoms with Crippen molar-refractivity contribution in [3.8, 4) is 0 Å². The van der Waals surface area contributed by atoms with E-state index in [1.807, 2.05) is 29.2 Å². The van der Waals surface area contributed by atoms with Crippen molar-refractivity contribution in [2.24, 2.45) is 0 Å². The molecule has 0 atom stereocenters. The lowest BCUT2D eigenvalue weighted by molar-refractivity contribution is 0.101. The average molecular weight is 355 g/mol. The van der Waals surface area contributed by atoms with Crippen LogP contribution in [0.25, 0.3) is 0 Å². The van der Waals surface area contributed by atoms with E-state index in [9.17, 15) is 9.59 Å². The molecule has 1 saturated heterocycles. The summed E-state index contributed by atoms with van der Waals surface area (Å²) in [7, 11) is 0. The second-order valence-electron chi connectivity index (χ2n) is 7.17. The zero-order valence-corrected chi connectivity index (χ0v) is 15.7. The van der Waals surface area contributed by atoms with Gasteiger partial charge in [0.15, 0.2) is 5.78 Å². The molecule has 5 nitrogen and oxygen atoms in total. The van der Waals surface area contributed by atoms with Gasteiger partial charge in [0.2, 0.25) is 0 Å². The molecule has 1 aromatic carbocycles. The van der Waals surface area contributed by atoms with Gasteiger partial charge in [-0.1, -0.05) is 11.6 Å². The van der Waals surface area contributed by atoms with Crippen LogP contribution in [-0.2, 0) is 0 Å². The van der Waals surface area contributed by atoms with Crippen molar-refractivity contribution in [1.29, 1.82) is 0 Å². The van der Waals surface area contributed by atoms with Crippen LogP contribution < -0.4 is 10.2 Å². The fraction of sp³-hybridized carbons (Fsp3) is 0.524. The van der Waals surface area contributed by atoms with Gasteiger partial charge in [-0.05, 0) is 63.3 Å². The maximum atomic E-state index is 12.3. The van der Waals surface area contributed by atoms with E-state index in [0.717, 1.165) is 50.4 Å². The summed E-state index contributed by atoms with van der Waals surface area (Å²) in [4.78, 5) is 27.9. The van der Waals surface area contributed by atoms with Crippen LogP contribution in [0.2, 0.25) is 0 Å². The summed E-state index contributed by atoms with van der Waals surface area (Å²) in [5.41, 5.74) is 3.34. The molecule has 0 aromatic heterocycles. The smallest absolute Gasteiger partial charge is 0.317 e. The number of anilines is 1. The number of nitrogens with zero attached hydrogens (tertiary/aromatic N) is 2. The van der Waals surface area contributed by atoms with E-state index < -0.39 is 0 Å². The Morgan fingerprint density at radius 1 is 1.04 bits per heavy atom. The van der Waals surface area contributed by atoms with E-state index in [-0.39, 0.29) is 11.8 Å². The minimum atomic E-state index is 0.0491. The molecule has 1 heterocycles. The van der Waals surface area contributed by atoms with Gasteiger partial charge in [0.1, 0.15) is 0 Å². The number of allylic oxidation sites excluding steroid dienone is 1. The first-order chi connectivity index (χ1) is 12.6. The highest BCUT2D eigenvalue weighted by Crippen LogP contribution is 2.20. The van der Waals surface area contributed by atoms with Crippen LogP contribution in [0.3, 0.4) is 0 Å². The molecular weight excluding hydrogens is 326 g/mol. The Labute approximate surface area is 156 Å². The quantitative estimate of drug-likeness (QED) is 0.648. The Balaban J connectivity index is 1.41. The molecule has 5 heteroatoms. The second kappa shape index (κ2) is 8.88. The van der Waals surface area contributed by atoms with E-state index >= 15 is 0 Å². The molecule has 1 N–H and O–H groups in total. The molecule has 2 aliphatic rings. The van der Waals surface area contributed by atoms with E-state index in [4.69, 9.17) is 0 Å². The fourth-order valence-electron chi connectivity index (χ4n) is 3.65. The average Bonchev–Trinajstić information content (AvgIpc) is 2.69. The highest BCUT2D eigenvalue weighted by atomic mass is 16.2. The molecule has 0 unspecified atom stereocenters. The SMILES string of the molecule is CC(=O)c1ccc(N2CCN(C(=O)NCCC3=CCCCC3)CC2)cc1. The third kappa shape index (κ3) is 4.87. The van der Waals surface area contributed by atoms with Crippen molar-refractivity contribution in [2.45, 2.75) is 39.0 Å². The fourth-order valence-corrected chi connectivity index (χ4v) is 3.65. The molecule has 1 aliphatic heterocycles. The number of carbonyl (C=O) groups excluding carboxylic acids is 2. The number of hydrogen-bond acceptors (Lipinski definition) is 3. The summed E-state index contributed by atoms with van der Waals surface area (Å²) in [5.74, 6) is 0.0852. The van der Waals surface area contributed by atoms with Gasteiger partial charge in [-0.3, -0.25) is 4.79 Å². The normalized spacial score (nSPS) is 17.7. The largest absolute Gasteiger partial charge is 0.368 e. The van der Waals surface area contributed by atoms with Crippen LogP contribution in [0, 0.1) is 0 Å². The second-order valence-corrected chi connectivity index (χ2v) is 7.17. The maximum Gasteiger partial charge on any atom is 0.317 e. The zero-order chi connectivity index (χ0) is 18.4. The van der Waals surface area contributed by atoms with Crippen LogP contribution in [0.15, 0.2) is 35.9 Å². The molecule has 0 spiro atoms. The van der Waals surface area contributed by atoms with E-state index in [1.54, 1.807) is 6.92 Å². The van der Waals surface area contributed by atoms with Crippen molar-refractivity contribution >= 4 is 17.5 Å². The summed E-state index contributed by atoms with van der Waals surface area (Å²) in [6.45, 7) is 5.40. The summed E-state index contributed by atoms with van der Waals surface area (Å²) < 4.78 is 0. The van der Waals surface area contributed by atoms with Gasteiger partial charge in [0.05, 0.1) is 0 Å². The van der Waals surface area contributed by atoms with Crippen molar-refractivity contribution in [2.75, 3.05) is 37.6 Å². The summed E-state index contributed by atoms with van der Waals surface area (Å²) in [5, 5.41) is 3.06. The molecule has 1 aliphatic carbocycles. The lowest BCUT2D eigenvalue weighted by Gasteiger charge is -2.36. The number of ketones is 1. The minimum Gasteiger partial charge on any atom is -0.368 e. The minimum absolute atomic E-state index is 0.0491. The van der Waals surface area contributed by atoms with Gasteiger partial charge in [0.25, 0.3) is 0 Å². The molecular formula is C21H29N3O2. The number of amides is 2. The van der Waals surface area contributed by atoms with Gasteiger partial charge in [-0.2, -0.15) is 0 Å². The van der Waals surface area contributed by atoms with Crippen LogP contribution in [0.1, 0.15) is 49.4 Å². The molecule has 1 aromatic rings. The van der Waals surface area contributed by atoms with Crippen molar-refractivity contribution < 1.29 is 9.59 Å². The zero-order valence-electron chi connectivity index (χ0n) is 15.7. The monoisotopic (exact) mass is 355 g/mol. The lowest BCUT2D eigenvalue weighted by atomic mass is 9.97. The van der Waals surface area contributed by atoms with Gasteiger partial charge in [-0.25, -0.2) is 4.79 Å². The van der Waals surface area contributed by atoms with Gasteiger partial charge in [-0.15, -0.1) is 0 Å². The van der Waals surface area contributed by atoms with Crippen molar-refractivity contribution in [3.63, 3.8) is 0 Å². The standard InChI is InChI=1S/C21H29N3O2/c1-17(25)19-7-9-20(10-8-19)23-13-15-24(16-14-23)21(26)22-12-11-18-5-3-2-4-6-18/h5,7-10H,2-4,6,11-16H2,1H3,(H,22,26). The van der Waals surface area contributed by atoms with Crippen LogP contribution >= 0.6 is 0 Å². The van der Waals surface area contributed by atoms with Crippen LogP contribution in [0.4, 0.5) is 10.5 Å². The Kier molecular flexibility index (Phi) is 6.31. The van der Waals surface area contributed by atoms with Crippen molar-refractivity contribution in [1.82, 2.24) is 10.2 Å². The van der Waals surface area contributed by atoms with Crippen LogP contribution in [-0.4, -0.2) is 49.4 Å². The number of carbonyl (C=O) groups is 2. The maximum absolute atomic E-state index is 12.3. The number of nitrogens with one attached hydrogen (secondary N) is 1. The third-order valence-corrected chi connectivity index (χ3v) is 5.31. The number of Topliss-reactive ketones (excluding diaryl/α,β-unsaturated/α-hetero) is 1. The van der Waals surface area contributed by atoms with Gasteiger partial charge < -0.3 is 15.1 Å². The molecule has 3 rings (SSSR count). The number of benzene rings is 1. The Bertz CT molecular complexity index is 658. The van der Waals surface area contributed by atoms with E-state index in [2.05, 4.69) is 16.3 Å². The highest BCUT2D eigenvalue weighted by Gasteiger charge is 2.21. The number of hydrogen-bond donors (Lipinski definition) is 1. The Morgan fingerprint density at radius 2 is 1.77 bits per heavy atom. The summed E-state index contributed by atoms with van der Waals surface area (Å²) in [6.07, 6.45) is 8.29. The predicted molar refractivity (Wildman–Crippen MR) is 105 cm³/mol. The topological polar surface area (TPSA) is 52.7 Å². The molecule has 26 heavy (non-hydrogen) atoms. The molecule has 0 bridgehead atoms. The summed E-state index contributed by atoms with van der Waals surface area (Å²) in [6, 6.07) is 7.77. The Morgan fingerprint density at radius 3 is 2.38 bits per heavy atom. The number of urea groups is 1. The molecule has 2 amide bonds. The molecule has 1 fully saturated rings. The summed E-state index contributed by atoms with van der Waals surface area (Å²) >= 11 is 0. The van der Waals surface area contributed by atoms with Crippen molar-refractivity contribution in [3.05, 3.63) is 41.5 Å².